The molecule has 0 bridgehead atoms. The van der Waals surface area contributed by atoms with E-state index in [9.17, 15) is 0 Å². The fourth-order valence-electron chi connectivity index (χ4n) is 2.17. The zero-order valence-electron chi connectivity index (χ0n) is 9.36. The van der Waals surface area contributed by atoms with Crippen LogP contribution in [0.1, 0.15) is 30.1 Å². The van der Waals surface area contributed by atoms with E-state index in [4.69, 9.17) is 4.74 Å². The first-order chi connectivity index (χ1) is 7.83. The van der Waals surface area contributed by atoms with Crippen LogP contribution in [0, 0.1) is 6.92 Å². The number of ether oxygens (including phenoxy) is 1. The van der Waals surface area contributed by atoms with Crippen LogP contribution in [-0.2, 0) is 4.74 Å². The molecule has 4 nitrogen and oxygen atoms in total. The van der Waals surface area contributed by atoms with Crippen LogP contribution in [0.4, 0.5) is 0 Å². The Balaban J connectivity index is 1.97. The fourth-order valence-corrected chi connectivity index (χ4v) is 2.17. The maximum absolute atomic E-state index is 5.48. The third kappa shape index (κ3) is 1.69. The molecule has 0 radical (unpaired) electrons. The number of aromatic nitrogens is 3. The number of aryl methyl sites for hydroxylation is 1. The molecule has 0 aliphatic carbocycles. The van der Waals surface area contributed by atoms with E-state index in [1.807, 2.05) is 13.1 Å². The summed E-state index contributed by atoms with van der Waals surface area (Å²) in [5.74, 6) is 1.43. The first-order valence-electron chi connectivity index (χ1n) is 5.73. The number of fused-ring (bicyclic) bond motifs is 1. The van der Waals surface area contributed by atoms with Gasteiger partial charge in [0.2, 0.25) is 0 Å². The topological polar surface area (TPSA) is 50.8 Å². The first kappa shape index (κ1) is 9.78. The van der Waals surface area contributed by atoms with Gasteiger partial charge in [-0.15, -0.1) is 0 Å². The highest BCUT2D eigenvalue weighted by molar-refractivity contribution is 5.71. The minimum atomic E-state index is 0.406. The molecule has 0 amide bonds. The number of hydrogen-bond acceptors (Lipinski definition) is 3. The van der Waals surface area contributed by atoms with Gasteiger partial charge in [-0.3, -0.25) is 0 Å². The largest absolute Gasteiger partial charge is 0.381 e. The van der Waals surface area contributed by atoms with Crippen molar-refractivity contribution in [1.29, 1.82) is 0 Å². The summed E-state index contributed by atoms with van der Waals surface area (Å²) < 4.78 is 5.48. The molecule has 2 aromatic heterocycles. The number of imidazole rings is 1. The molecule has 3 heterocycles. The summed E-state index contributed by atoms with van der Waals surface area (Å²) in [7, 11) is 0. The van der Waals surface area contributed by atoms with E-state index >= 15 is 0 Å². The first-order valence-corrected chi connectivity index (χ1v) is 5.73. The highest BCUT2D eigenvalue weighted by atomic mass is 16.5. The van der Waals surface area contributed by atoms with E-state index in [0.717, 1.165) is 48.6 Å². The lowest BCUT2D eigenvalue weighted by Crippen LogP contribution is -2.16. The van der Waals surface area contributed by atoms with Crippen LogP contribution in [0.25, 0.3) is 11.2 Å². The molecule has 2 aromatic rings. The molecule has 1 aliphatic heterocycles. The number of H-pyrrole nitrogens is 1. The second kappa shape index (κ2) is 3.87. The van der Waals surface area contributed by atoms with Crippen molar-refractivity contribution < 1.29 is 4.74 Å². The molecule has 0 saturated carbocycles. The molecule has 1 aliphatic rings. The Kier molecular flexibility index (Phi) is 2.36. The summed E-state index contributed by atoms with van der Waals surface area (Å²) in [5.41, 5.74) is 2.99. The molecule has 1 atom stereocenters. The molecule has 1 unspecified atom stereocenters. The van der Waals surface area contributed by atoms with Crippen molar-refractivity contribution in [2.24, 2.45) is 0 Å². The third-order valence-electron chi connectivity index (χ3n) is 3.04. The van der Waals surface area contributed by atoms with E-state index in [0.29, 0.717) is 5.92 Å². The molecule has 3 rings (SSSR count). The summed E-state index contributed by atoms with van der Waals surface area (Å²) in [5, 5.41) is 0. The molecule has 1 fully saturated rings. The van der Waals surface area contributed by atoms with Crippen LogP contribution >= 0.6 is 0 Å². The molecule has 1 N–H and O–H groups in total. The molecule has 4 heteroatoms. The number of nitrogens with zero attached hydrogens (tertiary/aromatic N) is 2. The number of hydrogen-bond donors (Lipinski definition) is 1. The van der Waals surface area contributed by atoms with Gasteiger partial charge in [-0.1, -0.05) is 0 Å². The maximum atomic E-state index is 5.48. The van der Waals surface area contributed by atoms with Gasteiger partial charge in [0.1, 0.15) is 5.82 Å². The smallest absolute Gasteiger partial charge is 0.177 e. The average Bonchev–Trinajstić information content (AvgIpc) is 2.73. The summed E-state index contributed by atoms with van der Waals surface area (Å²) >= 11 is 0. The summed E-state index contributed by atoms with van der Waals surface area (Å²) in [6, 6.07) is 2.09. The van der Waals surface area contributed by atoms with Gasteiger partial charge in [-0.05, 0) is 31.4 Å². The van der Waals surface area contributed by atoms with Gasteiger partial charge >= 0.3 is 0 Å². The lowest BCUT2D eigenvalue weighted by Gasteiger charge is -2.19. The Morgan fingerprint density at radius 3 is 3.25 bits per heavy atom. The Bertz CT molecular complexity index is 500. The zero-order valence-corrected chi connectivity index (χ0v) is 9.36. The van der Waals surface area contributed by atoms with Crippen molar-refractivity contribution in [3.8, 4) is 0 Å². The van der Waals surface area contributed by atoms with Crippen molar-refractivity contribution in [1.82, 2.24) is 15.0 Å². The zero-order chi connectivity index (χ0) is 11.0. The minimum absolute atomic E-state index is 0.406. The Labute approximate surface area is 94.1 Å². The van der Waals surface area contributed by atoms with Crippen LogP contribution in [0.2, 0.25) is 0 Å². The molecule has 0 spiro atoms. The monoisotopic (exact) mass is 217 g/mol. The highest BCUT2D eigenvalue weighted by Crippen LogP contribution is 2.24. The lowest BCUT2D eigenvalue weighted by molar-refractivity contribution is 0.0784. The Morgan fingerprint density at radius 2 is 2.44 bits per heavy atom. The second-order valence-corrected chi connectivity index (χ2v) is 4.42. The van der Waals surface area contributed by atoms with Crippen molar-refractivity contribution >= 4 is 11.2 Å². The fraction of sp³-hybridized carbons (Fsp3) is 0.500. The van der Waals surface area contributed by atoms with Crippen molar-refractivity contribution in [3.63, 3.8) is 0 Å². The van der Waals surface area contributed by atoms with Gasteiger partial charge in [0, 0.05) is 18.7 Å². The molecule has 0 aromatic carbocycles. The third-order valence-corrected chi connectivity index (χ3v) is 3.04. The predicted octanol–water partition coefficient (Wildman–Crippen LogP) is 2.16. The van der Waals surface area contributed by atoms with Crippen LogP contribution < -0.4 is 0 Å². The number of pyridine rings is 1. The number of nitrogens with one attached hydrogen (secondary N) is 1. The van der Waals surface area contributed by atoms with Crippen molar-refractivity contribution in [3.05, 3.63) is 23.7 Å². The molecule has 1 saturated heterocycles. The summed E-state index contributed by atoms with van der Waals surface area (Å²) in [6.07, 6.45) is 4.12. The van der Waals surface area contributed by atoms with Crippen molar-refractivity contribution in [2.45, 2.75) is 25.7 Å². The normalized spacial score (nSPS) is 21.4. The molecular formula is C12H15N3O. The van der Waals surface area contributed by atoms with Crippen LogP contribution in [0.5, 0.6) is 0 Å². The van der Waals surface area contributed by atoms with E-state index in [-0.39, 0.29) is 0 Å². The standard InChI is InChI=1S/C12H15N3O/c1-8-5-10-12(13-6-8)15-11(14-10)9-3-2-4-16-7-9/h5-6,9H,2-4,7H2,1H3,(H,13,14,15). The van der Waals surface area contributed by atoms with Gasteiger partial charge < -0.3 is 9.72 Å². The average molecular weight is 217 g/mol. The van der Waals surface area contributed by atoms with Crippen LogP contribution in [0.15, 0.2) is 12.3 Å². The van der Waals surface area contributed by atoms with Gasteiger partial charge in [0.05, 0.1) is 12.1 Å². The predicted molar refractivity (Wildman–Crippen MR) is 61.4 cm³/mol. The van der Waals surface area contributed by atoms with E-state index < -0.39 is 0 Å². The Morgan fingerprint density at radius 1 is 1.50 bits per heavy atom. The van der Waals surface area contributed by atoms with Gasteiger partial charge in [0.15, 0.2) is 5.65 Å². The van der Waals surface area contributed by atoms with Crippen LogP contribution in [-0.4, -0.2) is 28.2 Å². The van der Waals surface area contributed by atoms with Gasteiger partial charge in [-0.25, -0.2) is 9.97 Å². The second-order valence-electron chi connectivity index (χ2n) is 4.42. The lowest BCUT2D eigenvalue weighted by atomic mass is 10.0. The Hall–Kier alpha value is -1.42. The SMILES string of the molecule is Cc1cnc2nc(C3CCCOC3)[nH]c2c1. The van der Waals surface area contributed by atoms with E-state index in [1.165, 1.54) is 0 Å². The van der Waals surface area contributed by atoms with Gasteiger partial charge in [0.25, 0.3) is 0 Å². The quantitative estimate of drug-likeness (QED) is 0.796. The highest BCUT2D eigenvalue weighted by Gasteiger charge is 2.19. The van der Waals surface area contributed by atoms with Crippen LogP contribution in [0.3, 0.4) is 0 Å². The number of rotatable bonds is 1. The summed E-state index contributed by atoms with van der Waals surface area (Å²) in [4.78, 5) is 12.2. The van der Waals surface area contributed by atoms with Crippen molar-refractivity contribution in [2.75, 3.05) is 13.2 Å². The molecule has 16 heavy (non-hydrogen) atoms. The summed E-state index contributed by atoms with van der Waals surface area (Å²) in [6.45, 7) is 3.70. The maximum Gasteiger partial charge on any atom is 0.177 e. The van der Waals surface area contributed by atoms with Gasteiger partial charge in [-0.2, -0.15) is 0 Å². The molecule has 84 valence electrons. The number of aromatic amines is 1. The van der Waals surface area contributed by atoms with E-state index in [1.54, 1.807) is 0 Å². The molecular weight excluding hydrogens is 202 g/mol. The minimum Gasteiger partial charge on any atom is -0.381 e. The van der Waals surface area contributed by atoms with E-state index in [2.05, 4.69) is 21.0 Å².